The molecular formula is C17H30BrN3. The molecule has 4 heteroatoms. The number of nitrogens with one attached hydrogen (secondary N) is 1. The Hall–Kier alpha value is -0.350. The van der Waals surface area contributed by atoms with Crippen molar-refractivity contribution >= 4 is 15.9 Å². The van der Waals surface area contributed by atoms with Crippen molar-refractivity contribution in [2.75, 3.05) is 7.05 Å². The van der Waals surface area contributed by atoms with Crippen molar-refractivity contribution in [2.24, 2.45) is 11.8 Å². The third kappa shape index (κ3) is 3.89. The number of hydrogen-bond donors (Lipinski definition) is 1. The van der Waals surface area contributed by atoms with Gasteiger partial charge in [0.05, 0.1) is 15.9 Å². The molecule has 0 radical (unpaired) electrons. The van der Waals surface area contributed by atoms with Crippen molar-refractivity contribution in [3.05, 3.63) is 15.9 Å². The Kier molecular flexibility index (Phi) is 6.30. The number of halogens is 1. The van der Waals surface area contributed by atoms with Crippen LogP contribution in [-0.4, -0.2) is 22.9 Å². The predicted octanol–water partition coefficient (Wildman–Crippen LogP) is 4.32. The number of aromatic nitrogens is 2. The quantitative estimate of drug-likeness (QED) is 0.823. The van der Waals surface area contributed by atoms with E-state index in [4.69, 9.17) is 0 Å². The second-order valence-electron chi connectivity index (χ2n) is 6.49. The molecule has 3 atom stereocenters. The largest absolute Gasteiger partial charge is 0.317 e. The molecule has 0 saturated heterocycles. The van der Waals surface area contributed by atoms with Crippen LogP contribution in [0, 0.1) is 18.8 Å². The molecule has 120 valence electrons. The SMILES string of the molecule is CCCC1CCC(NC)C(Cc2c(Br)c(C)nn2CC)C1. The van der Waals surface area contributed by atoms with Gasteiger partial charge in [-0.3, -0.25) is 4.68 Å². The zero-order chi connectivity index (χ0) is 15.4. The summed E-state index contributed by atoms with van der Waals surface area (Å²) in [4.78, 5) is 0. The van der Waals surface area contributed by atoms with Crippen LogP contribution in [0.1, 0.15) is 57.3 Å². The van der Waals surface area contributed by atoms with Crippen molar-refractivity contribution in [3.8, 4) is 0 Å². The summed E-state index contributed by atoms with van der Waals surface area (Å²) in [7, 11) is 2.12. The molecule has 1 heterocycles. The summed E-state index contributed by atoms with van der Waals surface area (Å²) in [6, 6.07) is 0.658. The minimum atomic E-state index is 0.658. The minimum Gasteiger partial charge on any atom is -0.317 e. The van der Waals surface area contributed by atoms with Crippen LogP contribution in [0.2, 0.25) is 0 Å². The maximum absolute atomic E-state index is 4.65. The normalized spacial score (nSPS) is 26.2. The second kappa shape index (κ2) is 7.77. The molecule has 1 N–H and O–H groups in total. The molecule has 0 aliphatic heterocycles. The number of aryl methyl sites for hydroxylation is 2. The molecule has 0 bridgehead atoms. The van der Waals surface area contributed by atoms with Crippen LogP contribution >= 0.6 is 15.9 Å². The van der Waals surface area contributed by atoms with Crippen molar-refractivity contribution in [2.45, 2.75) is 71.9 Å². The minimum absolute atomic E-state index is 0.658. The van der Waals surface area contributed by atoms with Gasteiger partial charge >= 0.3 is 0 Å². The summed E-state index contributed by atoms with van der Waals surface area (Å²) >= 11 is 3.75. The average Bonchev–Trinajstić information content (AvgIpc) is 2.76. The van der Waals surface area contributed by atoms with Crippen molar-refractivity contribution < 1.29 is 0 Å². The highest BCUT2D eigenvalue weighted by Crippen LogP contribution is 2.35. The van der Waals surface area contributed by atoms with Gasteiger partial charge in [0.2, 0.25) is 0 Å². The topological polar surface area (TPSA) is 29.9 Å². The van der Waals surface area contributed by atoms with Gasteiger partial charge in [0.15, 0.2) is 0 Å². The van der Waals surface area contributed by atoms with E-state index in [9.17, 15) is 0 Å². The van der Waals surface area contributed by atoms with Gasteiger partial charge in [0, 0.05) is 12.6 Å². The Labute approximate surface area is 138 Å². The van der Waals surface area contributed by atoms with E-state index in [1.54, 1.807) is 0 Å². The molecular weight excluding hydrogens is 326 g/mol. The maximum Gasteiger partial charge on any atom is 0.0738 e. The Morgan fingerprint density at radius 2 is 2.10 bits per heavy atom. The van der Waals surface area contributed by atoms with Crippen LogP contribution in [0.4, 0.5) is 0 Å². The Morgan fingerprint density at radius 3 is 2.71 bits per heavy atom. The number of hydrogen-bond acceptors (Lipinski definition) is 2. The average molecular weight is 356 g/mol. The summed E-state index contributed by atoms with van der Waals surface area (Å²) in [6.07, 6.45) is 7.92. The van der Waals surface area contributed by atoms with Crippen molar-refractivity contribution in [1.82, 2.24) is 15.1 Å². The third-order valence-corrected chi connectivity index (χ3v) is 6.10. The highest BCUT2D eigenvalue weighted by molar-refractivity contribution is 9.10. The lowest BCUT2D eigenvalue weighted by molar-refractivity contribution is 0.198. The van der Waals surface area contributed by atoms with Gasteiger partial charge in [-0.2, -0.15) is 5.10 Å². The monoisotopic (exact) mass is 355 g/mol. The van der Waals surface area contributed by atoms with Crippen LogP contribution in [-0.2, 0) is 13.0 Å². The van der Waals surface area contributed by atoms with E-state index >= 15 is 0 Å². The van der Waals surface area contributed by atoms with Gasteiger partial charge in [-0.15, -0.1) is 0 Å². The van der Waals surface area contributed by atoms with Crippen LogP contribution in [0.25, 0.3) is 0 Å². The Bertz CT molecular complexity index is 455. The predicted molar refractivity (Wildman–Crippen MR) is 92.6 cm³/mol. The highest BCUT2D eigenvalue weighted by Gasteiger charge is 2.30. The van der Waals surface area contributed by atoms with Gasteiger partial charge < -0.3 is 5.32 Å². The second-order valence-corrected chi connectivity index (χ2v) is 7.28. The third-order valence-electron chi connectivity index (χ3n) is 5.07. The molecule has 3 unspecified atom stereocenters. The first-order valence-corrected chi connectivity index (χ1v) is 9.28. The lowest BCUT2D eigenvalue weighted by atomic mass is 9.74. The molecule has 3 nitrogen and oxygen atoms in total. The molecule has 1 saturated carbocycles. The maximum atomic E-state index is 4.65. The van der Waals surface area contributed by atoms with Crippen LogP contribution in [0.3, 0.4) is 0 Å². The first-order chi connectivity index (χ1) is 10.1. The zero-order valence-corrected chi connectivity index (χ0v) is 15.5. The van der Waals surface area contributed by atoms with Crippen molar-refractivity contribution in [3.63, 3.8) is 0 Å². The smallest absolute Gasteiger partial charge is 0.0738 e. The van der Waals surface area contributed by atoms with Crippen LogP contribution in [0.5, 0.6) is 0 Å². The molecule has 0 amide bonds. The van der Waals surface area contributed by atoms with Gasteiger partial charge in [0.25, 0.3) is 0 Å². The summed E-state index contributed by atoms with van der Waals surface area (Å²) in [5, 5.41) is 8.21. The zero-order valence-electron chi connectivity index (χ0n) is 14.0. The number of rotatable bonds is 6. The van der Waals surface area contributed by atoms with E-state index in [0.717, 1.165) is 30.5 Å². The summed E-state index contributed by atoms with van der Waals surface area (Å²) in [6.45, 7) is 7.54. The standard InChI is InChI=1S/C17H30BrN3/c1-5-7-13-8-9-15(19-4)14(10-13)11-16-17(18)12(3)20-21(16)6-2/h13-15,19H,5-11H2,1-4H3. The van der Waals surface area contributed by atoms with E-state index < -0.39 is 0 Å². The molecule has 21 heavy (non-hydrogen) atoms. The highest BCUT2D eigenvalue weighted by atomic mass is 79.9. The summed E-state index contributed by atoms with van der Waals surface area (Å²) in [5.74, 6) is 1.65. The molecule has 1 fully saturated rings. The first-order valence-electron chi connectivity index (χ1n) is 8.49. The lowest BCUT2D eigenvalue weighted by Crippen LogP contribution is -2.40. The lowest BCUT2D eigenvalue weighted by Gasteiger charge is -2.36. The number of nitrogens with zero attached hydrogens (tertiary/aromatic N) is 2. The van der Waals surface area contributed by atoms with E-state index in [1.165, 1.54) is 42.3 Å². The van der Waals surface area contributed by atoms with E-state index in [0.29, 0.717) is 6.04 Å². The van der Waals surface area contributed by atoms with Crippen molar-refractivity contribution in [1.29, 1.82) is 0 Å². The van der Waals surface area contributed by atoms with Gasteiger partial charge in [-0.1, -0.05) is 19.8 Å². The fourth-order valence-electron chi connectivity index (χ4n) is 3.95. The molecule has 0 aromatic carbocycles. The Morgan fingerprint density at radius 1 is 1.33 bits per heavy atom. The molecule has 1 aliphatic carbocycles. The molecule has 1 aromatic rings. The molecule has 1 aliphatic rings. The Balaban J connectivity index is 2.14. The molecule has 0 spiro atoms. The van der Waals surface area contributed by atoms with E-state index in [-0.39, 0.29) is 0 Å². The van der Waals surface area contributed by atoms with E-state index in [1.807, 2.05) is 0 Å². The fourth-order valence-corrected chi connectivity index (χ4v) is 4.40. The summed E-state index contributed by atoms with van der Waals surface area (Å²) in [5.41, 5.74) is 2.51. The van der Waals surface area contributed by atoms with Gasteiger partial charge in [0.1, 0.15) is 0 Å². The van der Waals surface area contributed by atoms with Crippen LogP contribution < -0.4 is 5.32 Å². The van der Waals surface area contributed by atoms with Gasteiger partial charge in [-0.05, 0) is 74.3 Å². The molecule has 1 aromatic heterocycles. The molecule has 2 rings (SSSR count). The summed E-state index contributed by atoms with van der Waals surface area (Å²) < 4.78 is 3.40. The van der Waals surface area contributed by atoms with Gasteiger partial charge in [-0.25, -0.2) is 0 Å². The van der Waals surface area contributed by atoms with E-state index in [2.05, 4.69) is 58.8 Å². The first kappa shape index (κ1) is 17.0. The fraction of sp³-hybridized carbons (Fsp3) is 0.824. The van der Waals surface area contributed by atoms with Crippen LogP contribution in [0.15, 0.2) is 4.47 Å².